The van der Waals surface area contributed by atoms with Crippen LogP contribution in [0.1, 0.15) is 40.7 Å². The average molecular weight is 587 g/mol. The van der Waals surface area contributed by atoms with Crippen molar-refractivity contribution in [2.75, 3.05) is 13.7 Å². The number of carbonyl (C=O) groups excluding carboxylic acids is 5. The summed E-state index contributed by atoms with van der Waals surface area (Å²) >= 11 is 0. The zero-order valence-corrected chi connectivity index (χ0v) is 24.1. The highest BCUT2D eigenvalue weighted by Crippen LogP contribution is 2.33. The zero-order valence-electron chi connectivity index (χ0n) is 24.1. The van der Waals surface area contributed by atoms with Crippen LogP contribution in [0.2, 0.25) is 0 Å². The van der Waals surface area contributed by atoms with Gasteiger partial charge in [-0.25, -0.2) is 9.48 Å². The van der Waals surface area contributed by atoms with Gasteiger partial charge in [0.15, 0.2) is 18.3 Å². The van der Waals surface area contributed by atoms with Crippen LogP contribution in [0.4, 0.5) is 0 Å². The Morgan fingerprint density at radius 1 is 1.00 bits per heavy atom. The molecule has 0 fully saturated rings. The normalized spacial score (nSPS) is 19.4. The molecule has 3 rings (SSSR count). The smallest absolute Gasteiger partial charge is 0.373 e. The molecular formula is C28H34N4O10. The van der Waals surface area contributed by atoms with Gasteiger partial charge in [0.1, 0.15) is 12.3 Å². The first-order valence-corrected chi connectivity index (χ1v) is 13.1. The first kappa shape index (κ1) is 31.8. The third-order valence-electron chi connectivity index (χ3n) is 6.17. The van der Waals surface area contributed by atoms with Gasteiger partial charge in [-0.1, -0.05) is 49.4 Å². The number of aromatic nitrogens is 3. The summed E-state index contributed by atoms with van der Waals surface area (Å²) in [7, 11) is 1.15. The van der Waals surface area contributed by atoms with Crippen molar-refractivity contribution in [3.05, 3.63) is 48.4 Å². The van der Waals surface area contributed by atoms with Crippen molar-refractivity contribution in [2.45, 2.75) is 65.0 Å². The summed E-state index contributed by atoms with van der Waals surface area (Å²) in [5, 5.41) is 11.4. The molecule has 0 saturated heterocycles. The molecule has 1 aliphatic rings. The van der Waals surface area contributed by atoms with Gasteiger partial charge in [0.05, 0.1) is 25.4 Å². The van der Waals surface area contributed by atoms with E-state index < -0.39 is 72.7 Å². The first-order valence-electron chi connectivity index (χ1n) is 13.1. The van der Waals surface area contributed by atoms with Crippen molar-refractivity contribution in [1.29, 1.82) is 0 Å². The molecule has 0 aliphatic carbocycles. The van der Waals surface area contributed by atoms with E-state index in [1.807, 2.05) is 30.3 Å². The lowest BCUT2D eigenvalue weighted by atomic mass is 9.91. The second-order valence-corrected chi connectivity index (χ2v) is 9.76. The fraction of sp³-hybridized carbons (Fsp3) is 0.464. The fourth-order valence-electron chi connectivity index (χ4n) is 4.26. The van der Waals surface area contributed by atoms with E-state index in [4.69, 9.17) is 23.7 Å². The Hall–Kier alpha value is -4.75. The van der Waals surface area contributed by atoms with Gasteiger partial charge in [0, 0.05) is 32.3 Å². The Balaban J connectivity index is 2.19. The summed E-state index contributed by atoms with van der Waals surface area (Å²) < 4.78 is 28.4. The van der Waals surface area contributed by atoms with Gasteiger partial charge in [0.2, 0.25) is 11.7 Å². The highest BCUT2D eigenvalue weighted by Gasteiger charge is 2.49. The van der Waals surface area contributed by atoms with E-state index in [0.717, 1.165) is 33.4 Å². The number of rotatable bonds is 11. The van der Waals surface area contributed by atoms with Gasteiger partial charge in [0.25, 0.3) is 0 Å². The molecule has 14 heteroatoms. The van der Waals surface area contributed by atoms with E-state index in [2.05, 4.69) is 15.6 Å². The molecule has 0 saturated carbocycles. The van der Waals surface area contributed by atoms with E-state index in [0.29, 0.717) is 5.69 Å². The lowest BCUT2D eigenvalue weighted by Crippen LogP contribution is -2.60. The topological polar surface area (TPSA) is 174 Å². The molecule has 1 aromatic carbocycles. The third kappa shape index (κ3) is 8.15. The standard InChI is InChI=1S/C28H34N4O10/c1-15(2)27(36)29-24-21(32-13-20(30-31-32)19-10-8-7-9-11-19)12-22(28(37)38-6)42-26(24)25(41-18(5)35)23(40-17(4)34)14-39-16(3)33/h7-13,15,21,23-26H,14H2,1-6H3,(H,29,36)/t21-,23+,24+,25+,26+/m0/s1. The van der Waals surface area contributed by atoms with Gasteiger partial charge in [-0.05, 0) is 6.08 Å². The van der Waals surface area contributed by atoms with Crippen molar-refractivity contribution in [3.8, 4) is 11.3 Å². The maximum Gasteiger partial charge on any atom is 0.373 e. The zero-order chi connectivity index (χ0) is 31.0. The maximum atomic E-state index is 13.1. The van der Waals surface area contributed by atoms with Gasteiger partial charge in [-0.15, -0.1) is 5.10 Å². The predicted octanol–water partition coefficient (Wildman–Crippen LogP) is 1.51. The van der Waals surface area contributed by atoms with Crippen LogP contribution in [-0.4, -0.2) is 82.8 Å². The molecule has 0 unspecified atom stereocenters. The van der Waals surface area contributed by atoms with E-state index in [-0.39, 0.29) is 5.76 Å². The molecule has 1 aromatic heterocycles. The van der Waals surface area contributed by atoms with Crippen LogP contribution in [0.3, 0.4) is 0 Å². The SMILES string of the molecule is COC(=O)C1=C[C@H](n2cc(-c3ccccc3)nn2)[C@@H](NC(=O)C(C)C)[C@H]([C@H](OC(C)=O)[C@@H](COC(C)=O)OC(C)=O)O1. The van der Waals surface area contributed by atoms with Crippen molar-refractivity contribution in [2.24, 2.45) is 5.92 Å². The number of methoxy groups -OCH3 is 1. The van der Waals surface area contributed by atoms with E-state index in [9.17, 15) is 24.0 Å². The average Bonchev–Trinajstić information content (AvgIpc) is 3.44. The van der Waals surface area contributed by atoms with Crippen LogP contribution in [0, 0.1) is 5.92 Å². The van der Waals surface area contributed by atoms with Gasteiger partial charge >= 0.3 is 23.9 Å². The highest BCUT2D eigenvalue weighted by atomic mass is 16.6. The molecule has 14 nitrogen and oxygen atoms in total. The van der Waals surface area contributed by atoms with E-state index in [1.165, 1.54) is 10.8 Å². The lowest BCUT2D eigenvalue weighted by Gasteiger charge is -2.41. The minimum atomic E-state index is -1.48. The Morgan fingerprint density at radius 2 is 1.67 bits per heavy atom. The first-order chi connectivity index (χ1) is 19.9. The Kier molecular flexibility index (Phi) is 10.8. The van der Waals surface area contributed by atoms with E-state index in [1.54, 1.807) is 20.0 Å². The molecule has 0 spiro atoms. The van der Waals surface area contributed by atoms with Gasteiger partial charge in [-0.2, -0.15) is 0 Å². The molecule has 0 bridgehead atoms. The number of esters is 4. The largest absolute Gasteiger partial charge is 0.477 e. The fourth-order valence-corrected chi connectivity index (χ4v) is 4.26. The number of amides is 1. The van der Waals surface area contributed by atoms with Crippen LogP contribution in [-0.2, 0) is 47.7 Å². The van der Waals surface area contributed by atoms with Crippen LogP contribution in [0.25, 0.3) is 11.3 Å². The van der Waals surface area contributed by atoms with Crippen molar-refractivity contribution in [3.63, 3.8) is 0 Å². The molecule has 226 valence electrons. The number of hydrogen-bond acceptors (Lipinski definition) is 12. The minimum absolute atomic E-state index is 0.287. The molecule has 0 radical (unpaired) electrons. The number of nitrogens with one attached hydrogen (secondary N) is 1. The number of carbonyl (C=O) groups is 5. The van der Waals surface area contributed by atoms with Crippen molar-refractivity contribution >= 4 is 29.8 Å². The van der Waals surface area contributed by atoms with Crippen LogP contribution >= 0.6 is 0 Å². The number of nitrogens with zero attached hydrogens (tertiary/aromatic N) is 3. The van der Waals surface area contributed by atoms with Crippen molar-refractivity contribution in [1.82, 2.24) is 20.3 Å². The molecule has 42 heavy (non-hydrogen) atoms. The Morgan fingerprint density at radius 3 is 2.24 bits per heavy atom. The summed E-state index contributed by atoms with van der Waals surface area (Å²) in [5.41, 5.74) is 1.27. The highest BCUT2D eigenvalue weighted by molar-refractivity contribution is 5.86. The summed E-state index contributed by atoms with van der Waals surface area (Å²) in [6, 6.07) is 7.19. The van der Waals surface area contributed by atoms with Gasteiger partial charge in [-0.3, -0.25) is 19.2 Å². The van der Waals surface area contributed by atoms with Crippen LogP contribution in [0.5, 0.6) is 0 Å². The van der Waals surface area contributed by atoms with Crippen molar-refractivity contribution < 1.29 is 47.7 Å². The molecule has 1 N–H and O–H groups in total. The minimum Gasteiger partial charge on any atom is -0.477 e. The molecule has 5 atom stereocenters. The predicted molar refractivity (Wildman–Crippen MR) is 144 cm³/mol. The number of benzene rings is 1. The maximum absolute atomic E-state index is 13.1. The van der Waals surface area contributed by atoms with E-state index >= 15 is 0 Å². The van der Waals surface area contributed by atoms with Gasteiger partial charge < -0.3 is 29.0 Å². The van der Waals surface area contributed by atoms with Crippen LogP contribution in [0.15, 0.2) is 48.4 Å². The lowest BCUT2D eigenvalue weighted by molar-refractivity contribution is -0.188. The summed E-state index contributed by atoms with van der Waals surface area (Å²) in [6.07, 6.45) is -1.21. The molecular weight excluding hydrogens is 552 g/mol. The number of ether oxygens (including phenoxy) is 5. The monoisotopic (exact) mass is 586 g/mol. The molecule has 2 aromatic rings. The summed E-state index contributed by atoms with van der Waals surface area (Å²) in [6.45, 7) is 6.22. The Labute approximate surface area is 242 Å². The third-order valence-corrected chi connectivity index (χ3v) is 6.17. The molecule has 2 heterocycles. The summed E-state index contributed by atoms with van der Waals surface area (Å²) in [5.74, 6) is -4.29. The second kappa shape index (κ2) is 14.2. The quantitative estimate of drug-likeness (QED) is 0.297. The summed E-state index contributed by atoms with van der Waals surface area (Å²) in [4.78, 5) is 61.8. The second-order valence-electron chi connectivity index (χ2n) is 9.76. The molecule has 1 amide bonds. The molecule has 1 aliphatic heterocycles. The number of hydrogen-bond donors (Lipinski definition) is 1. The Bertz CT molecular complexity index is 1320. The van der Waals surface area contributed by atoms with Crippen LogP contribution < -0.4 is 5.32 Å².